The highest BCUT2D eigenvalue weighted by molar-refractivity contribution is 6.29. The third kappa shape index (κ3) is 2.05. The van der Waals surface area contributed by atoms with Crippen molar-refractivity contribution in [3.8, 4) is 11.6 Å². The minimum absolute atomic E-state index is 0.295. The number of ether oxygens (including phenoxy) is 1. The number of fused-ring (bicyclic) bond motifs is 2. The van der Waals surface area contributed by atoms with Crippen LogP contribution in [0, 0.1) is 0 Å². The zero-order valence-corrected chi connectivity index (χ0v) is 11.4. The minimum atomic E-state index is 0.295. The largest absolute Gasteiger partial charge is 0.438 e. The first-order valence-corrected chi connectivity index (χ1v) is 6.57. The number of hydrogen-bond donors (Lipinski definition) is 0. The van der Waals surface area contributed by atoms with E-state index in [-0.39, 0.29) is 0 Å². The van der Waals surface area contributed by atoms with Crippen molar-refractivity contribution in [3.63, 3.8) is 0 Å². The molecule has 0 N–H and O–H groups in total. The van der Waals surface area contributed by atoms with Gasteiger partial charge in [0.1, 0.15) is 17.2 Å². The fourth-order valence-corrected chi connectivity index (χ4v) is 2.28. The first-order chi connectivity index (χ1) is 10.3. The van der Waals surface area contributed by atoms with E-state index in [2.05, 4.69) is 20.1 Å². The maximum Gasteiger partial charge on any atom is 0.256 e. The smallest absolute Gasteiger partial charge is 0.256 e. The Labute approximate surface area is 124 Å². The van der Waals surface area contributed by atoms with Crippen LogP contribution < -0.4 is 4.74 Å². The van der Waals surface area contributed by atoms with Crippen LogP contribution in [0.25, 0.3) is 16.7 Å². The summed E-state index contributed by atoms with van der Waals surface area (Å²) in [4.78, 5) is 12.4. The molecule has 0 saturated carbocycles. The molecule has 6 nitrogen and oxygen atoms in total. The van der Waals surface area contributed by atoms with Crippen molar-refractivity contribution in [2.24, 2.45) is 0 Å². The summed E-state index contributed by atoms with van der Waals surface area (Å²) >= 11 is 5.98. The molecule has 0 unspecified atom stereocenters. The van der Waals surface area contributed by atoms with Crippen molar-refractivity contribution in [2.45, 2.75) is 0 Å². The summed E-state index contributed by atoms with van der Waals surface area (Å²) in [7, 11) is 0. The number of hydrogen-bond acceptors (Lipinski definition) is 5. The predicted octanol–water partition coefficient (Wildman–Crippen LogP) is 3.12. The molecule has 4 aromatic rings. The van der Waals surface area contributed by atoms with Crippen molar-refractivity contribution in [1.82, 2.24) is 24.6 Å². The summed E-state index contributed by atoms with van der Waals surface area (Å²) < 4.78 is 7.43. The second kappa shape index (κ2) is 4.68. The normalized spacial score (nSPS) is 11.1. The lowest BCUT2D eigenvalue weighted by molar-refractivity contribution is 0.451. The molecular weight excluding hydrogens is 290 g/mol. The Hall–Kier alpha value is -2.73. The number of rotatable bonds is 2. The third-order valence-electron chi connectivity index (χ3n) is 3.01. The fraction of sp³-hybridized carbons (Fsp3) is 0. The lowest BCUT2D eigenvalue weighted by Gasteiger charge is -2.09. The molecule has 0 fully saturated rings. The van der Waals surface area contributed by atoms with Crippen LogP contribution in [0.15, 0.2) is 48.9 Å². The van der Waals surface area contributed by atoms with Gasteiger partial charge in [-0.15, -0.1) is 0 Å². The van der Waals surface area contributed by atoms with Gasteiger partial charge in [0.25, 0.3) is 5.78 Å². The zero-order chi connectivity index (χ0) is 14.2. The molecule has 4 rings (SSSR count). The molecule has 0 atom stereocenters. The molecule has 0 saturated heterocycles. The Morgan fingerprint density at radius 2 is 2.05 bits per heavy atom. The van der Waals surface area contributed by atoms with Crippen LogP contribution in [-0.2, 0) is 0 Å². The van der Waals surface area contributed by atoms with Gasteiger partial charge in [-0.3, -0.25) is 4.98 Å². The summed E-state index contributed by atoms with van der Waals surface area (Å²) in [5, 5.41) is 5.28. The molecule has 3 heterocycles. The van der Waals surface area contributed by atoms with Gasteiger partial charge in [0.15, 0.2) is 0 Å². The standard InChI is InChI=1S/C14H8ClN5O/c15-12-7-13(20-14(19-12)17-8-18-20)21-11-5-1-4-10-9(11)3-2-6-16-10/h1-8H. The Morgan fingerprint density at radius 1 is 1.10 bits per heavy atom. The van der Waals surface area contributed by atoms with Crippen molar-refractivity contribution >= 4 is 28.3 Å². The molecule has 0 bridgehead atoms. The minimum Gasteiger partial charge on any atom is -0.438 e. The van der Waals surface area contributed by atoms with E-state index in [4.69, 9.17) is 16.3 Å². The molecule has 7 heteroatoms. The average molecular weight is 298 g/mol. The number of pyridine rings is 1. The Morgan fingerprint density at radius 3 is 3.00 bits per heavy atom. The molecule has 21 heavy (non-hydrogen) atoms. The molecule has 0 radical (unpaired) electrons. The maximum absolute atomic E-state index is 5.98. The number of halogens is 1. The van der Waals surface area contributed by atoms with E-state index in [1.54, 1.807) is 12.3 Å². The summed E-state index contributed by atoms with van der Waals surface area (Å²) in [6.07, 6.45) is 3.14. The van der Waals surface area contributed by atoms with E-state index < -0.39 is 0 Å². The summed E-state index contributed by atoms with van der Waals surface area (Å²) in [5.74, 6) is 1.49. The van der Waals surface area contributed by atoms with Gasteiger partial charge >= 0.3 is 0 Å². The van der Waals surface area contributed by atoms with Crippen LogP contribution >= 0.6 is 11.6 Å². The van der Waals surface area contributed by atoms with E-state index >= 15 is 0 Å². The molecule has 0 aliphatic rings. The number of nitrogens with zero attached hydrogens (tertiary/aromatic N) is 5. The number of benzene rings is 1. The van der Waals surface area contributed by atoms with Gasteiger partial charge in [-0.1, -0.05) is 17.7 Å². The van der Waals surface area contributed by atoms with Gasteiger partial charge < -0.3 is 4.74 Å². The molecule has 3 aromatic heterocycles. The SMILES string of the molecule is Clc1cc(Oc2cccc3ncccc23)n2ncnc2n1. The van der Waals surface area contributed by atoms with Crippen molar-refractivity contribution in [1.29, 1.82) is 0 Å². The zero-order valence-electron chi connectivity index (χ0n) is 10.6. The first kappa shape index (κ1) is 12.0. The fourth-order valence-electron chi connectivity index (χ4n) is 2.11. The first-order valence-electron chi connectivity index (χ1n) is 6.19. The van der Waals surface area contributed by atoms with Gasteiger partial charge in [0, 0.05) is 17.6 Å². The second-order valence-corrected chi connectivity index (χ2v) is 4.70. The average Bonchev–Trinajstić information content (AvgIpc) is 2.96. The maximum atomic E-state index is 5.98. The molecule has 0 aliphatic heterocycles. The van der Waals surface area contributed by atoms with Gasteiger partial charge in [-0.05, 0) is 24.3 Å². The van der Waals surface area contributed by atoms with Crippen LogP contribution in [0.3, 0.4) is 0 Å². The Balaban J connectivity index is 1.89. The Kier molecular flexibility index (Phi) is 2.68. The molecule has 0 amide bonds. The van der Waals surface area contributed by atoms with Gasteiger partial charge in [0.2, 0.25) is 5.88 Å². The topological polar surface area (TPSA) is 65.2 Å². The van der Waals surface area contributed by atoms with Gasteiger partial charge in [-0.25, -0.2) is 0 Å². The van der Waals surface area contributed by atoms with Crippen LogP contribution in [0.2, 0.25) is 5.15 Å². The molecular formula is C14H8ClN5O. The summed E-state index contributed by atoms with van der Waals surface area (Å²) in [6, 6.07) is 11.1. The highest BCUT2D eigenvalue weighted by atomic mass is 35.5. The van der Waals surface area contributed by atoms with Crippen LogP contribution in [0.1, 0.15) is 0 Å². The monoisotopic (exact) mass is 297 g/mol. The van der Waals surface area contributed by atoms with Crippen LogP contribution in [0.4, 0.5) is 0 Å². The van der Waals surface area contributed by atoms with Crippen molar-refractivity contribution in [3.05, 3.63) is 54.1 Å². The molecule has 0 aliphatic carbocycles. The lowest BCUT2D eigenvalue weighted by atomic mass is 10.2. The van der Waals surface area contributed by atoms with Crippen LogP contribution in [-0.4, -0.2) is 24.6 Å². The Bertz CT molecular complexity index is 947. The van der Waals surface area contributed by atoms with Gasteiger partial charge in [0.05, 0.1) is 5.52 Å². The predicted molar refractivity (Wildman–Crippen MR) is 77.6 cm³/mol. The molecule has 1 aromatic carbocycles. The van der Waals surface area contributed by atoms with Gasteiger partial charge in [-0.2, -0.15) is 19.6 Å². The lowest BCUT2D eigenvalue weighted by Crippen LogP contribution is -1.98. The highest BCUT2D eigenvalue weighted by Crippen LogP contribution is 2.29. The summed E-state index contributed by atoms with van der Waals surface area (Å²) in [5.41, 5.74) is 0.852. The van der Waals surface area contributed by atoms with E-state index in [0.717, 1.165) is 10.9 Å². The highest BCUT2D eigenvalue weighted by Gasteiger charge is 2.10. The summed E-state index contributed by atoms with van der Waals surface area (Å²) in [6.45, 7) is 0. The van der Waals surface area contributed by atoms with Crippen molar-refractivity contribution < 1.29 is 4.74 Å². The van der Waals surface area contributed by atoms with E-state index in [1.165, 1.54) is 10.8 Å². The van der Waals surface area contributed by atoms with E-state index in [0.29, 0.717) is 22.6 Å². The van der Waals surface area contributed by atoms with Crippen LogP contribution in [0.5, 0.6) is 11.6 Å². The second-order valence-electron chi connectivity index (χ2n) is 4.32. The van der Waals surface area contributed by atoms with Crippen molar-refractivity contribution in [2.75, 3.05) is 0 Å². The third-order valence-corrected chi connectivity index (χ3v) is 3.20. The molecule has 102 valence electrons. The van der Waals surface area contributed by atoms with E-state index in [9.17, 15) is 0 Å². The molecule has 0 spiro atoms. The quantitative estimate of drug-likeness (QED) is 0.532. The number of aromatic nitrogens is 5. The van der Waals surface area contributed by atoms with E-state index in [1.807, 2.05) is 30.3 Å².